The molecule has 8 heteroatoms. The summed E-state index contributed by atoms with van der Waals surface area (Å²) in [6.07, 6.45) is -1.01. The molecule has 0 aromatic heterocycles. The molecule has 0 aliphatic rings. The van der Waals surface area contributed by atoms with E-state index in [0.29, 0.717) is 0 Å². The van der Waals surface area contributed by atoms with Gasteiger partial charge in [-0.05, 0) is 0 Å². The highest BCUT2D eigenvalue weighted by atomic mass is 16.7. The van der Waals surface area contributed by atoms with Crippen LogP contribution in [0.3, 0.4) is 0 Å². The maximum atomic E-state index is 9.00. The van der Waals surface area contributed by atoms with Crippen molar-refractivity contribution < 1.29 is 34.4 Å². The molecule has 4 N–H and O–H groups in total. The third-order valence-corrected chi connectivity index (χ3v) is 1.48. The Labute approximate surface area is 94.0 Å². The van der Waals surface area contributed by atoms with E-state index in [1.165, 1.54) is 0 Å². The Kier molecular flexibility index (Phi) is 9.20. The number of hydrogen-bond donors (Lipinski definition) is 4. The Balaban J connectivity index is 3.82. The number of rotatable bonds is 10. The van der Waals surface area contributed by atoms with Crippen LogP contribution in [-0.2, 0) is 14.0 Å². The molecular formula is C8H17BO7. The molecule has 0 saturated carbocycles. The molecule has 0 radical (unpaired) electrons. The SMILES string of the molecule is C=COB(OCC(O)CO)OCC(O)CO. The lowest BCUT2D eigenvalue weighted by molar-refractivity contribution is 0.00470. The molecule has 0 fully saturated rings. The van der Waals surface area contributed by atoms with Crippen molar-refractivity contribution in [1.29, 1.82) is 0 Å². The van der Waals surface area contributed by atoms with Crippen LogP contribution >= 0.6 is 0 Å². The van der Waals surface area contributed by atoms with Crippen molar-refractivity contribution in [2.75, 3.05) is 26.4 Å². The predicted molar refractivity (Wildman–Crippen MR) is 55.1 cm³/mol. The summed E-state index contributed by atoms with van der Waals surface area (Å²) in [5.41, 5.74) is 0. The lowest BCUT2D eigenvalue weighted by atomic mass is 10.2. The first-order valence-corrected chi connectivity index (χ1v) is 4.71. The highest BCUT2D eigenvalue weighted by Gasteiger charge is 2.24. The smallest absolute Gasteiger partial charge is 0.519 e. The Bertz CT molecular complexity index is 166. The van der Waals surface area contributed by atoms with Crippen LogP contribution in [0.25, 0.3) is 0 Å². The summed E-state index contributed by atoms with van der Waals surface area (Å²) in [7, 11) is -1.15. The molecular weight excluding hydrogens is 219 g/mol. The molecule has 94 valence electrons. The minimum Gasteiger partial charge on any atom is -0.519 e. The minimum atomic E-state index is -1.15. The summed E-state index contributed by atoms with van der Waals surface area (Å²) < 4.78 is 14.6. The van der Waals surface area contributed by atoms with Crippen LogP contribution in [0.2, 0.25) is 0 Å². The maximum absolute atomic E-state index is 9.00. The molecule has 0 aromatic carbocycles. The number of hydrogen-bond acceptors (Lipinski definition) is 7. The quantitative estimate of drug-likeness (QED) is 0.253. The fourth-order valence-corrected chi connectivity index (χ4v) is 0.690. The van der Waals surface area contributed by atoms with E-state index in [-0.39, 0.29) is 13.2 Å². The van der Waals surface area contributed by atoms with Crippen molar-refractivity contribution in [3.05, 3.63) is 12.8 Å². The van der Waals surface area contributed by atoms with Crippen LogP contribution in [0, 0.1) is 0 Å². The first-order valence-electron chi connectivity index (χ1n) is 4.71. The van der Waals surface area contributed by atoms with Crippen LogP contribution < -0.4 is 0 Å². The topological polar surface area (TPSA) is 109 Å². The molecule has 0 aliphatic heterocycles. The van der Waals surface area contributed by atoms with Gasteiger partial charge in [0.15, 0.2) is 0 Å². The molecule has 16 heavy (non-hydrogen) atoms. The van der Waals surface area contributed by atoms with Gasteiger partial charge in [-0.25, -0.2) is 0 Å². The van der Waals surface area contributed by atoms with E-state index in [1.807, 2.05) is 0 Å². The summed E-state index contributed by atoms with van der Waals surface area (Å²) in [4.78, 5) is 0. The first-order chi connectivity index (χ1) is 7.63. The van der Waals surface area contributed by atoms with Gasteiger partial charge in [-0.2, -0.15) is 0 Å². The fraction of sp³-hybridized carbons (Fsp3) is 0.750. The van der Waals surface area contributed by atoms with Crippen molar-refractivity contribution in [1.82, 2.24) is 0 Å². The summed E-state index contributed by atoms with van der Waals surface area (Å²) in [5.74, 6) is 0. The van der Waals surface area contributed by atoms with E-state index in [2.05, 4.69) is 6.58 Å². The van der Waals surface area contributed by atoms with Gasteiger partial charge >= 0.3 is 7.32 Å². The van der Waals surface area contributed by atoms with Gasteiger partial charge in [0.05, 0.1) is 44.9 Å². The van der Waals surface area contributed by atoms with Crippen LogP contribution in [0.5, 0.6) is 0 Å². The van der Waals surface area contributed by atoms with Crippen LogP contribution in [0.1, 0.15) is 0 Å². The summed E-state index contributed by atoms with van der Waals surface area (Å²) in [5, 5.41) is 35.1. The zero-order chi connectivity index (χ0) is 12.4. The molecule has 0 amide bonds. The standard InChI is InChI=1S/C8H17BO7/c1-2-14-9(15-5-7(12)3-10)16-6-8(13)4-11/h2,7-8,10-13H,1,3-6H2. The Morgan fingerprint density at radius 1 is 1.06 bits per heavy atom. The first kappa shape index (κ1) is 15.4. The molecule has 0 bridgehead atoms. The van der Waals surface area contributed by atoms with Gasteiger partial charge in [-0.3, -0.25) is 0 Å². The highest BCUT2D eigenvalue weighted by Crippen LogP contribution is 1.97. The second kappa shape index (κ2) is 9.58. The van der Waals surface area contributed by atoms with Crippen molar-refractivity contribution in [2.45, 2.75) is 12.2 Å². The Hall–Kier alpha value is -0.635. The van der Waals surface area contributed by atoms with Crippen molar-refractivity contribution in [3.8, 4) is 0 Å². The fourth-order valence-electron chi connectivity index (χ4n) is 0.690. The number of aliphatic hydroxyl groups excluding tert-OH is 4. The van der Waals surface area contributed by atoms with Gasteiger partial charge in [-0.1, -0.05) is 6.58 Å². The lowest BCUT2D eigenvalue weighted by Crippen LogP contribution is -2.34. The van der Waals surface area contributed by atoms with Gasteiger partial charge in [0.2, 0.25) is 0 Å². The average molecular weight is 236 g/mol. The molecule has 0 aliphatic carbocycles. The van der Waals surface area contributed by atoms with Crippen molar-refractivity contribution >= 4 is 7.32 Å². The van der Waals surface area contributed by atoms with Gasteiger partial charge in [0.1, 0.15) is 0 Å². The average Bonchev–Trinajstić information content (AvgIpc) is 2.31. The van der Waals surface area contributed by atoms with Gasteiger partial charge < -0.3 is 34.4 Å². The van der Waals surface area contributed by atoms with E-state index in [4.69, 9.17) is 34.4 Å². The van der Waals surface area contributed by atoms with Crippen molar-refractivity contribution in [3.63, 3.8) is 0 Å². The van der Waals surface area contributed by atoms with Crippen molar-refractivity contribution in [2.24, 2.45) is 0 Å². The van der Waals surface area contributed by atoms with E-state index in [0.717, 1.165) is 6.26 Å². The Morgan fingerprint density at radius 2 is 1.50 bits per heavy atom. The van der Waals surface area contributed by atoms with Gasteiger partial charge in [-0.15, -0.1) is 0 Å². The third kappa shape index (κ3) is 7.63. The normalized spacial score (nSPS) is 14.2. The second-order valence-electron chi connectivity index (χ2n) is 2.93. The zero-order valence-corrected chi connectivity index (χ0v) is 8.86. The lowest BCUT2D eigenvalue weighted by Gasteiger charge is -2.15. The molecule has 2 unspecified atom stereocenters. The monoisotopic (exact) mass is 236 g/mol. The summed E-state index contributed by atoms with van der Waals surface area (Å²) in [6, 6.07) is 0. The van der Waals surface area contributed by atoms with Gasteiger partial charge in [0.25, 0.3) is 0 Å². The van der Waals surface area contributed by atoms with Crippen LogP contribution in [0.4, 0.5) is 0 Å². The summed E-state index contributed by atoms with van der Waals surface area (Å²) >= 11 is 0. The molecule has 7 nitrogen and oxygen atoms in total. The largest absolute Gasteiger partial charge is 0.712 e. The van der Waals surface area contributed by atoms with E-state index >= 15 is 0 Å². The second-order valence-corrected chi connectivity index (χ2v) is 2.93. The summed E-state index contributed by atoms with van der Waals surface area (Å²) in [6.45, 7) is 2.02. The zero-order valence-electron chi connectivity index (χ0n) is 8.86. The van der Waals surface area contributed by atoms with Crippen LogP contribution in [0.15, 0.2) is 12.8 Å². The van der Waals surface area contributed by atoms with Gasteiger partial charge in [0, 0.05) is 0 Å². The molecule has 0 aromatic rings. The highest BCUT2D eigenvalue weighted by molar-refractivity contribution is 6.36. The molecule has 0 saturated heterocycles. The number of aliphatic hydroxyl groups is 4. The van der Waals surface area contributed by atoms with E-state index < -0.39 is 32.7 Å². The third-order valence-electron chi connectivity index (χ3n) is 1.48. The maximum Gasteiger partial charge on any atom is 0.712 e. The molecule has 0 spiro atoms. The minimum absolute atomic E-state index is 0.190. The Morgan fingerprint density at radius 3 is 1.81 bits per heavy atom. The van der Waals surface area contributed by atoms with Crippen LogP contribution in [-0.4, -0.2) is 66.4 Å². The molecule has 0 rings (SSSR count). The molecule has 2 atom stereocenters. The van der Waals surface area contributed by atoms with E-state index in [9.17, 15) is 0 Å². The molecule has 0 heterocycles. The predicted octanol–water partition coefficient (Wildman–Crippen LogP) is -2.13. The van der Waals surface area contributed by atoms with E-state index in [1.54, 1.807) is 0 Å².